The van der Waals surface area contributed by atoms with Gasteiger partial charge in [-0.05, 0) is 44.8 Å². The largest absolute Gasteiger partial charge is 0.378 e. The van der Waals surface area contributed by atoms with Crippen LogP contribution >= 0.6 is 0 Å². The van der Waals surface area contributed by atoms with Crippen LogP contribution in [0.1, 0.15) is 52.9 Å². The quantitative estimate of drug-likeness (QED) is 0.618. The van der Waals surface area contributed by atoms with Gasteiger partial charge in [-0.15, -0.1) is 0 Å². The molecule has 1 fully saturated rings. The lowest BCUT2D eigenvalue weighted by atomic mass is 10.1. The van der Waals surface area contributed by atoms with Gasteiger partial charge in [-0.1, -0.05) is 33.6 Å². The Labute approximate surface area is 120 Å². The zero-order valence-corrected chi connectivity index (χ0v) is 13.3. The average Bonchev–Trinajstić information content (AvgIpc) is 2.42. The van der Waals surface area contributed by atoms with Gasteiger partial charge in [0.05, 0.1) is 13.2 Å². The Hall–Kier alpha value is -0.120. The fourth-order valence-corrected chi connectivity index (χ4v) is 2.67. The summed E-state index contributed by atoms with van der Waals surface area (Å²) in [6, 6.07) is 0.668. The van der Waals surface area contributed by atoms with Crippen LogP contribution in [0, 0.1) is 5.92 Å². The predicted molar refractivity (Wildman–Crippen MR) is 82.6 cm³/mol. The maximum absolute atomic E-state index is 5.54. The summed E-state index contributed by atoms with van der Waals surface area (Å²) in [7, 11) is 0. The molecule has 0 spiro atoms. The molecule has 1 aliphatic rings. The summed E-state index contributed by atoms with van der Waals surface area (Å²) in [4.78, 5) is 2.63. The van der Waals surface area contributed by atoms with Crippen molar-refractivity contribution in [1.29, 1.82) is 0 Å². The fraction of sp³-hybridized carbons (Fsp3) is 1.00. The van der Waals surface area contributed by atoms with Crippen molar-refractivity contribution in [3.05, 3.63) is 0 Å². The minimum atomic E-state index is 0.668. The molecule has 0 aromatic rings. The zero-order valence-electron chi connectivity index (χ0n) is 13.3. The van der Waals surface area contributed by atoms with Crippen molar-refractivity contribution < 1.29 is 4.74 Å². The van der Waals surface area contributed by atoms with Gasteiger partial charge in [0.1, 0.15) is 0 Å². The first kappa shape index (κ1) is 16.9. The lowest BCUT2D eigenvalue weighted by Gasteiger charge is -2.35. The molecule has 0 saturated carbocycles. The molecule has 1 rings (SSSR count). The molecule has 1 atom stereocenters. The Kier molecular flexibility index (Phi) is 9.48. The molecular formula is C16H34N2O. The Morgan fingerprint density at radius 2 is 2.00 bits per heavy atom. The second-order valence-corrected chi connectivity index (χ2v) is 6.19. The Bertz CT molecular complexity index is 209. The van der Waals surface area contributed by atoms with Crippen LogP contribution in [-0.4, -0.2) is 50.3 Å². The minimum absolute atomic E-state index is 0.668. The molecule has 1 heterocycles. The lowest BCUT2D eigenvalue weighted by molar-refractivity contribution is -0.00917. The second-order valence-electron chi connectivity index (χ2n) is 6.19. The van der Waals surface area contributed by atoms with Crippen LogP contribution in [-0.2, 0) is 4.74 Å². The molecule has 19 heavy (non-hydrogen) atoms. The van der Waals surface area contributed by atoms with E-state index in [1.165, 1.54) is 45.2 Å². The number of ether oxygens (including phenoxy) is 1. The zero-order chi connectivity index (χ0) is 13.9. The van der Waals surface area contributed by atoms with Crippen molar-refractivity contribution in [2.45, 2.75) is 58.9 Å². The molecule has 0 aliphatic carbocycles. The maximum atomic E-state index is 5.54. The highest BCUT2D eigenvalue weighted by molar-refractivity contribution is 4.73. The standard InChI is InChI=1S/C16H34N2O/c1-4-16-14-19-12-11-18(16)10-8-6-5-7-9-17-13-15(2)3/h15-17H,4-14H2,1-3H3. The van der Waals surface area contributed by atoms with Gasteiger partial charge in [0.25, 0.3) is 0 Å². The van der Waals surface area contributed by atoms with Crippen LogP contribution in [0.2, 0.25) is 0 Å². The molecule has 1 unspecified atom stereocenters. The number of hydrogen-bond acceptors (Lipinski definition) is 3. The number of rotatable bonds is 10. The van der Waals surface area contributed by atoms with Crippen molar-refractivity contribution in [3.8, 4) is 0 Å². The Morgan fingerprint density at radius 3 is 2.74 bits per heavy atom. The summed E-state index contributed by atoms with van der Waals surface area (Å²) in [5, 5.41) is 3.51. The molecule has 1 aliphatic heterocycles. The van der Waals surface area contributed by atoms with E-state index < -0.39 is 0 Å². The molecule has 1 N–H and O–H groups in total. The molecule has 3 heteroatoms. The summed E-state index contributed by atoms with van der Waals surface area (Å²) >= 11 is 0. The van der Waals surface area contributed by atoms with Crippen LogP contribution in [0.5, 0.6) is 0 Å². The number of morpholine rings is 1. The number of nitrogens with zero attached hydrogens (tertiary/aromatic N) is 1. The SMILES string of the molecule is CCC1COCCN1CCCCCCNCC(C)C. The van der Waals surface area contributed by atoms with Crippen molar-refractivity contribution in [2.75, 3.05) is 39.4 Å². The fourth-order valence-electron chi connectivity index (χ4n) is 2.67. The Balaban J connectivity index is 1.92. The number of unbranched alkanes of at least 4 members (excludes halogenated alkanes) is 3. The monoisotopic (exact) mass is 270 g/mol. The lowest BCUT2D eigenvalue weighted by Crippen LogP contribution is -2.45. The van der Waals surface area contributed by atoms with E-state index >= 15 is 0 Å². The average molecular weight is 270 g/mol. The van der Waals surface area contributed by atoms with Gasteiger partial charge in [0.15, 0.2) is 0 Å². The van der Waals surface area contributed by atoms with E-state index in [9.17, 15) is 0 Å². The number of hydrogen-bond donors (Lipinski definition) is 1. The number of nitrogens with one attached hydrogen (secondary N) is 1. The smallest absolute Gasteiger partial charge is 0.0622 e. The van der Waals surface area contributed by atoms with E-state index in [1.807, 2.05) is 0 Å². The maximum Gasteiger partial charge on any atom is 0.0622 e. The molecule has 3 nitrogen and oxygen atoms in total. The third kappa shape index (κ3) is 7.91. The molecule has 0 aromatic heterocycles. The topological polar surface area (TPSA) is 24.5 Å². The molecule has 0 bridgehead atoms. The highest BCUT2D eigenvalue weighted by atomic mass is 16.5. The summed E-state index contributed by atoms with van der Waals surface area (Å²) in [6.07, 6.45) is 6.64. The minimum Gasteiger partial charge on any atom is -0.378 e. The van der Waals surface area contributed by atoms with Gasteiger partial charge in [0, 0.05) is 12.6 Å². The highest BCUT2D eigenvalue weighted by Crippen LogP contribution is 2.12. The first-order valence-electron chi connectivity index (χ1n) is 8.26. The molecule has 0 amide bonds. The summed E-state index contributed by atoms with van der Waals surface area (Å²) in [5.41, 5.74) is 0. The van der Waals surface area contributed by atoms with Gasteiger partial charge in [-0.2, -0.15) is 0 Å². The van der Waals surface area contributed by atoms with Crippen LogP contribution in [0.15, 0.2) is 0 Å². The van der Waals surface area contributed by atoms with E-state index in [0.717, 1.165) is 32.2 Å². The molecule has 0 aromatic carbocycles. The summed E-state index contributed by atoms with van der Waals surface area (Å²) in [5.74, 6) is 0.771. The van der Waals surface area contributed by atoms with E-state index in [-0.39, 0.29) is 0 Å². The summed E-state index contributed by atoms with van der Waals surface area (Å²) < 4.78 is 5.54. The van der Waals surface area contributed by atoms with Gasteiger partial charge in [-0.3, -0.25) is 4.90 Å². The van der Waals surface area contributed by atoms with E-state index in [2.05, 4.69) is 31.0 Å². The van der Waals surface area contributed by atoms with Crippen molar-refractivity contribution in [3.63, 3.8) is 0 Å². The normalized spacial score (nSPS) is 21.2. The first-order chi connectivity index (χ1) is 9.24. The summed E-state index contributed by atoms with van der Waals surface area (Å²) in [6.45, 7) is 13.4. The first-order valence-corrected chi connectivity index (χ1v) is 8.26. The third-order valence-electron chi connectivity index (χ3n) is 3.92. The highest BCUT2D eigenvalue weighted by Gasteiger charge is 2.20. The van der Waals surface area contributed by atoms with E-state index in [0.29, 0.717) is 6.04 Å². The van der Waals surface area contributed by atoms with E-state index in [1.54, 1.807) is 0 Å². The predicted octanol–water partition coefficient (Wildman–Crippen LogP) is 2.90. The van der Waals surface area contributed by atoms with Gasteiger partial charge >= 0.3 is 0 Å². The van der Waals surface area contributed by atoms with Gasteiger partial charge in [0.2, 0.25) is 0 Å². The molecule has 1 saturated heterocycles. The molecule has 114 valence electrons. The van der Waals surface area contributed by atoms with Crippen LogP contribution in [0.3, 0.4) is 0 Å². The van der Waals surface area contributed by atoms with Crippen LogP contribution < -0.4 is 5.32 Å². The van der Waals surface area contributed by atoms with Crippen molar-refractivity contribution in [1.82, 2.24) is 10.2 Å². The van der Waals surface area contributed by atoms with Crippen molar-refractivity contribution >= 4 is 0 Å². The second kappa shape index (κ2) is 10.6. The Morgan fingerprint density at radius 1 is 1.21 bits per heavy atom. The van der Waals surface area contributed by atoms with Crippen LogP contribution in [0.25, 0.3) is 0 Å². The molecular weight excluding hydrogens is 236 g/mol. The third-order valence-corrected chi connectivity index (χ3v) is 3.92. The van der Waals surface area contributed by atoms with Gasteiger partial charge in [-0.25, -0.2) is 0 Å². The van der Waals surface area contributed by atoms with Crippen molar-refractivity contribution in [2.24, 2.45) is 5.92 Å². The van der Waals surface area contributed by atoms with Gasteiger partial charge < -0.3 is 10.1 Å². The van der Waals surface area contributed by atoms with Crippen LogP contribution in [0.4, 0.5) is 0 Å². The molecule has 0 radical (unpaired) electrons. The van der Waals surface area contributed by atoms with E-state index in [4.69, 9.17) is 4.74 Å².